The Bertz CT molecular complexity index is 558. The summed E-state index contributed by atoms with van der Waals surface area (Å²) in [6.45, 7) is 5.98. The smallest absolute Gasteiger partial charge is 0.277 e. The zero-order chi connectivity index (χ0) is 14.2. The molecule has 0 aliphatic rings. The molecule has 0 atom stereocenters. The van der Waals surface area contributed by atoms with Crippen molar-refractivity contribution in [2.24, 2.45) is 0 Å². The molecule has 21 heavy (non-hydrogen) atoms. The summed E-state index contributed by atoms with van der Waals surface area (Å²) in [4.78, 5) is 17.8. The van der Waals surface area contributed by atoms with Crippen LogP contribution in [0.1, 0.15) is 15.9 Å². The summed E-state index contributed by atoms with van der Waals surface area (Å²) in [6, 6.07) is 18.7. The van der Waals surface area contributed by atoms with Crippen molar-refractivity contribution >= 4 is 5.91 Å². The van der Waals surface area contributed by atoms with Crippen LogP contribution in [0.4, 0.5) is 0 Å². The molecule has 0 bridgehead atoms. The third kappa shape index (κ3) is 5.49. The molecule has 0 fully saturated rings. The summed E-state index contributed by atoms with van der Waals surface area (Å²) < 4.78 is 0. The summed E-state index contributed by atoms with van der Waals surface area (Å²) in [7, 11) is 0. The molecule has 0 aliphatic heterocycles. The second-order valence-electron chi connectivity index (χ2n) is 4.23. The number of benzene rings is 2. The maximum Gasteiger partial charge on any atom is 0.277 e. The minimum Gasteiger partial charge on any atom is -0.516 e. The molecule has 0 aromatic heterocycles. The molecule has 0 aliphatic carbocycles. The van der Waals surface area contributed by atoms with Crippen LogP contribution in [0.5, 0.6) is 0 Å². The van der Waals surface area contributed by atoms with E-state index in [0.717, 1.165) is 5.56 Å². The normalized spacial score (nSPS) is 9.52. The summed E-state index contributed by atoms with van der Waals surface area (Å²) in [6.07, 6.45) is 1.39. The van der Waals surface area contributed by atoms with Crippen molar-refractivity contribution in [3.05, 3.63) is 84.4 Å². The van der Waals surface area contributed by atoms with Crippen molar-refractivity contribution in [3.63, 3.8) is 0 Å². The van der Waals surface area contributed by atoms with Gasteiger partial charge >= 0.3 is 0 Å². The predicted molar refractivity (Wildman–Crippen MR) is 77.6 cm³/mol. The fourth-order valence-corrected chi connectivity index (χ4v) is 1.74. The van der Waals surface area contributed by atoms with Gasteiger partial charge in [-0.3, -0.25) is 15.7 Å². The van der Waals surface area contributed by atoms with Crippen LogP contribution < -0.4 is 0 Å². The van der Waals surface area contributed by atoms with Gasteiger partial charge in [-0.15, -0.1) is 0 Å². The van der Waals surface area contributed by atoms with E-state index in [9.17, 15) is 4.79 Å². The van der Waals surface area contributed by atoms with Crippen molar-refractivity contribution in [3.8, 4) is 0 Å². The van der Waals surface area contributed by atoms with Gasteiger partial charge in [0.25, 0.3) is 5.91 Å². The minimum absolute atomic E-state index is 0. The van der Waals surface area contributed by atoms with Gasteiger partial charge in [0.2, 0.25) is 0 Å². The summed E-state index contributed by atoms with van der Waals surface area (Å²) in [5.41, 5.74) is 1.57. The van der Waals surface area contributed by atoms with Crippen molar-refractivity contribution in [2.45, 2.75) is 6.61 Å². The Morgan fingerprint density at radius 2 is 1.62 bits per heavy atom. The number of amides is 1. The molecule has 0 saturated heterocycles. The van der Waals surface area contributed by atoms with Gasteiger partial charge in [0.05, 0.1) is 0 Å². The molecule has 3 nitrogen and oxygen atoms in total. The molecule has 2 aromatic rings. The third-order valence-corrected chi connectivity index (χ3v) is 2.75. The van der Waals surface area contributed by atoms with Gasteiger partial charge in [-0.2, -0.15) is 0 Å². The Morgan fingerprint density at radius 3 is 2.19 bits per heavy atom. The first-order valence-corrected chi connectivity index (χ1v) is 6.38. The van der Waals surface area contributed by atoms with E-state index in [1.54, 1.807) is 12.1 Å². The van der Waals surface area contributed by atoms with E-state index in [1.165, 1.54) is 11.1 Å². The van der Waals surface area contributed by atoms with Crippen LogP contribution in [0.25, 0.3) is 0 Å². The van der Waals surface area contributed by atoms with Crippen LogP contribution in [0.15, 0.2) is 66.7 Å². The van der Waals surface area contributed by atoms with Crippen molar-refractivity contribution in [1.82, 2.24) is 5.06 Å². The SMILES string of the molecule is [CH-]=CCN(OCc1ccccc1)C(=O)c1ccccc1.[Np]. The third-order valence-electron chi connectivity index (χ3n) is 2.75. The molecule has 1 radical (unpaired) electrons. The number of rotatable bonds is 6. The monoisotopic (exact) mass is 502 g/mol. The quantitative estimate of drug-likeness (QED) is 0.448. The second-order valence-corrected chi connectivity index (χ2v) is 4.23. The molecule has 0 N–H and O–H groups in total. The fourth-order valence-electron chi connectivity index (χ4n) is 1.74. The largest absolute Gasteiger partial charge is 0.516 e. The van der Waals surface area contributed by atoms with E-state index < -0.39 is 0 Å². The molecular formula is C17H16NNpO2-. The van der Waals surface area contributed by atoms with Crippen molar-refractivity contribution in [2.75, 3.05) is 6.54 Å². The first-order chi connectivity index (χ1) is 9.81. The van der Waals surface area contributed by atoms with E-state index >= 15 is 0 Å². The number of hydrogen-bond donors (Lipinski definition) is 0. The molecule has 0 heterocycles. The maximum atomic E-state index is 12.3. The average molecular weight is 503 g/mol. The van der Waals surface area contributed by atoms with Gasteiger partial charge in [0.15, 0.2) is 0 Å². The van der Waals surface area contributed by atoms with E-state index in [2.05, 4.69) is 0 Å². The van der Waals surface area contributed by atoms with Gasteiger partial charge < -0.3 is 6.58 Å². The molecule has 0 unspecified atom stereocenters. The van der Waals surface area contributed by atoms with Crippen molar-refractivity contribution < 1.29 is 39.6 Å². The number of carbonyl (C=O) groups excluding carboxylic acids is 1. The predicted octanol–water partition coefficient (Wildman–Crippen LogP) is 3.25. The van der Waals surface area contributed by atoms with E-state index in [-0.39, 0.29) is 42.4 Å². The van der Waals surface area contributed by atoms with Gasteiger partial charge in [0, 0.05) is 42.1 Å². The summed E-state index contributed by atoms with van der Waals surface area (Å²) >= 11 is 0. The Morgan fingerprint density at radius 1 is 1.05 bits per heavy atom. The number of carbonyl (C=O) groups is 1. The minimum atomic E-state index is -0.205. The van der Waals surface area contributed by atoms with Crippen molar-refractivity contribution in [1.29, 1.82) is 0 Å². The number of nitrogens with zero attached hydrogens (tertiary/aromatic N) is 1. The molecule has 4 heteroatoms. The Kier molecular flexibility index (Phi) is 8.03. The Labute approximate surface area is 147 Å². The van der Waals surface area contributed by atoms with Crippen LogP contribution in [0, 0.1) is 36.5 Å². The first-order valence-electron chi connectivity index (χ1n) is 6.38. The van der Waals surface area contributed by atoms with Crippen LogP contribution in [-0.2, 0) is 11.4 Å². The van der Waals surface area contributed by atoms with E-state index in [4.69, 9.17) is 11.4 Å². The molecule has 0 saturated carbocycles. The van der Waals surface area contributed by atoms with E-state index in [1.807, 2.05) is 48.5 Å². The summed E-state index contributed by atoms with van der Waals surface area (Å²) in [5.74, 6) is -0.205. The topological polar surface area (TPSA) is 29.5 Å². The zero-order valence-corrected chi connectivity index (χ0v) is 15.3. The molecule has 2 rings (SSSR count). The number of hydrogen-bond acceptors (Lipinski definition) is 2. The zero-order valence-electron chi connectivity index (χ0n) is 11.6. The van der Waals surface area contributed by atoms with Crippen LogP contribution in [-0.4, -0.2) is 17.5 Å². The molecular weight excluding hydrogens is 487 g/mol. The van der Waals surface area contributed by atoms with Crippen LogP contribution in [0.2, 0.25) is 0 Å². The molecule has 2 aromatic carbocycles. The molecule has 107 valence electrons. The molecule has 0 spiro atoms. The first kappa shape index (κ1) is 17.7. The van der Waals surface area contributed by atoms with E-state index in [0.29, 0.717) is 12.2 Å². The van der Waals surface area contributed by atoms with Crippen LogP contribution >= 0.6 is 0 Å². The standard InChI is InChI=1S/C17H16NO2.Np/c1-2-13-18(17(19)16-11-7-4-8-12-16)20-14-15-9-5-3-6-10-15;/h1-12H,13-14H2;/q-1;. The van der Waals surface area contributed by atoms with Gasteiger partial charge in [0.1, 0.15) is 6.61 Å². The number of hydroxylamine groups is 2. The Balaban J connectivity index is 0.00000220. The van der Waals surface area contributed by atoms with Gasteiger partial charge in [-0.1, -0.05) is 48.5 Å². The van der Waals surface area contributed by atoms with Gasteiger partial charge in [-0.25, -0.2) is 5.06 Å². The fraction of sp³-hybridized carbons (Fsp3) is 0.118. The van der Waals surface area contributed by atoms with Gasteiger partial charge in [-0.05, 0) is 17.7 Å². The second kappa shape index (κ2) is 9.54. The molecule has 1 amide bonds. The average Bonchev–Trinajstić information content (AvgIpc) is 2.52. The maximum absolute atomic E-state index is 12.3. The van der Waals surface area contributed by atoms with Crippen LogP contribution in [0.3, 0.4) is 0 Å². The Hall–Kier alpha value is -1.38. The summed E-state index contributed by atoms with van der Waals surface area (Å²) in [5, 5.41) is 1.27.